The summed E-state index contributed by atoms with van der Waals surface area (Å²) in [7, 11) is 0. The largest absolute Gasteiger partial charge is 0.459 e. The van der Waals surface area contributed by atoms with Gasteiger partial charge in [0.1, 0.15) is 18.2 Å². The number of benzene rings is 1. The van der Waals surface area contributed by atoms with Gasteiger partial charge in [0.05, 0.1) is 5.69 Å². The molecule has 1 N–H and O–H groups in total. The lowest BCUT2D eigenvalue weighted by Gasteiger charge is -2.44. The van der Waals surface area contributed by atoms with E-state index in [1.165, 1.54) is 6.33 Å². The Morgan fingerprint density at radius 3 is 2.85 bits per heavy atom. The molecule has 7 heteroatoms. The smallest absolute Gasteiger partial charge is 0.304 e. The Kier molecular flexibility index (Phi) is 5.23. The molecular formula is C20H20ClN5O. The minimum absolute atomic E-state index is 0.0985. The molecule has 0 amide bonds. The molecule has 2 bridgehead atoms. The Hall–Kier alpha value is -2.62. The molecule has 0 radical (unpaired) electrons. The van der Waals surface area contributed by atoms with E-state index < -0.39 is 0 Å². The summed E-state index contributed by atoms with van der Waals surface area (Å²) in [6.45, 7) is 3.20. The van der Waals surface area contributed by atoms with Crippen molar-refractivity contribution in [2.75, 3.05) is 25.0 Å². The predicted molar refractivity (Wildman–Crippen MR) is 106 cm³/mol. The monoisotopic (exact) mass is 381 g/mol. The molecule has 3 aliphatic heterocycles. The van der Waals surface area contributed by atoms with Gasteiger partial charge in [0.15, 0.2) is 0 Å². The Balaban J connectivity index is 1.50. The van der Waals surface area contributed by atoms with Gasteiger partial charge in [-0.1, -0.05) is 30.2 Å². The summed E-state index contributed by atoms with van der Waals surface area (Å²) >= 11 is 6.08. The second kappa shape index (κ2) is 7.95. The van der Waals surface area contributed by atoms with Crippen LogP contribution in [-0.2, 0) is 4.74 Å². The summed E-state index contributed by atoms with van der Waals surface area (Å²) in [5.74, 6) is 1.11. The number of anilines is 1. The fourth-order valence-corrected chi connectivity index (χ4v) is 3.86. The number of aromatic nitrogens is 2. The second-order valence-corrected chi connectivity index (χ2v) is 7.20. The van der Waals surface area contributed by atoms with Crippen LogP contribution in [-0.4, -0.2) is 46.6 Å². The van der Waals surface area contributed by atoms with E-state index in [0.717, 1.165) is 43.7 Å². The van der Waals surface area contributed by atoms with Crippen LogP contribution < -0.4 is 5.32 Å². The normalized spacial score (nSPS) is 24.3. The van der Waals surface area contributed by atoms with Crippen molar-refractivity contribution >= 4 is 23.4 Å². The molecule has 2 aromatic rings. The highest BCUT2D eigenvalue weighted by atomic mass is 35.5. The van der Waals surface area contributed by atoms with Crippen LogP contribution in [0.2, 0.25) is 5.02 Å². The number of nitrogens with zero attached hydrogens (tertiary/aromatic N) is 4. The first-order chi connectivity index (χ1) is 13.2. The van der Waals surface area contributed by atoms with Crippen molar-refractivity contribution in [3.63, 3.8) is 0 Å². The van der Waals surface area contributed by atoms with E-state index in [0.29, 0.717) is 22.8 Å². The molecule has 1 aromatic heterocycles. The minimum atomic E-state index is 0.0985. The van der Waals surface area contributed by atoms with Gasteiger partial charge in [-0.2, -0.15) is 0 Å². The fraction of sp³-hybridized carbons (Fsp3) is 0.350. The zero-order valence-electron chi connectivity index (χ0n) is 14.8. The number of terminal acetylenes is 1. The van der Waals surface area contributed by atoms with Gasteiger partial charge in [-0.15, -0.1) is 4.99 Å². The SMILES string of the molecule is C#CN=C(Nc1cc(-c2cccc(Cl)c2)ncn1)O[C@H]1CN2CCC1CC2. The highest BCUT2D eigenvalue weighted by Crippen LogP contribution is 2.30. The Bertz CT molecular complexity index is 886. The molecule has 1 aromatic carbocycles. The van der Waals surface area contributed by atoms with Crippen molar-refractivity contribution in [3.05, 3.63) is 41.7 Å². The molecule has 3 saturated heterocycles. The lowest BCUT2D eigenvalue weighted by Crippen LogP contribution is -2.52. The number of aliphatic imine (C=N–C) groups is 1. The third-order valence-electron chi connectivity index (χ3n) is 5.05. The lowest BCUT2D eigenvalue weighted by molar-refractivity contribution is -0.0145. The van der Waals surface area contributed by atoms with Gasteiger partial charge in [0.2, 0.25) is 0 Å². The molecule has 0 spiro atoms. The number of piperidine rings is 3. The van der Waals surface area contributed by atoms with Crippen LogP contribution in [0, 0.1) is 18.4 Å². The molecule has 0 unspecified atom stereocenters. The minimum Gasteiger partial charge on any atom is -0.459 e. The molecule has 27 heavy (non-hydrogen) atoms. The Labute approximate surface area is 163 Å². The quantitative estimate of drug-likeness (QED) is 0.502. The number of hydrogen-bond acceptors (Lipinski definition) is 5. The first-order valence-electron chi connectivity index (χ1n) is 8.98. The average molecular weight is 382 g/mol. The van der Waals surface area contributed by atoms with Gasteiger partial charge >= 0.3 is 6.02 Å². The first-order valence-corrected chi connectivity index (χ1v) is 9.36. The van der Waals surface area contributed by atoms with E-state index >= 15 is 0 Å². The number of ether oxygens (including phenoxy) is 1. The number of nitrogens with one attached hydrogen (secondary N) is 1. The second-order valence-electron chi connectivity index (χ2n) is 6.76. The van der Waals surface area contributed by atoms with Crippen LogP contribution in [0.1, 0.15) is 12.8 Å². The molecule has 138 valence electrons. The number of fused-ring (bicyclic) bond motifs is 3. The molecule has 6 nitrogen and oxygen atoms in total. The molecular weight excluding hydrogens is 362 g/mol. The number of hydrogen-bond donors (Lipinski definition) is 1. The highest BCUT2D eigenvalue weighted by molar-refractivity contribution is 6.30. The molecule has 3 fully saturated rings. The van der Waals surface area contributed by atoms with Crippen molar-refractivity contribution in [2.24, 2.45) is 10.9 Å². The number of halogens is 1. The molecule has 1 atom stereocenters. The van der Waals surface area contributed by atoms with E-state index in [1.54, 1.807) is 0 Å². The third-order valence-corrected chi connectivity index (χ3v) is 5.28. The van der Waals surface area contributed by atoms with Crippen LogP contribution in [0.15, 0.2) is 41.7 Å². The molecule has 5 rings (SSSR count). The van der Waals surface area contributed by atoms with E-state index in [1.807, 2.05) is 30.3 Å². The van der Waals surface area contributed by atoms with Crippen LogP contribution in [0.4, 0.5) is 5.82 Å². The van der Waals surface area contributed by atoms with Crippen molar-refractivity contribution in [1.82, 2.24) is 14.9 Å². The van der Waals surface area contributed by atoms with Gasteiger partial charge in [-0.05, 0) is 44.0 Å². The van der Waals surface area contributed by atoms with Gasteiger partial charge in [0, 0.05) is 29.2 Å². The van der Waals surface area contributed by atoms with Crippen LogP contribution in [0.25, 0.3) is 11.3 Å². The lowest BCUT2D eigenvalue weighted by atomic mass is 9.86. The summed E-state index contributed by atoms with van der Waals surface area (Å²) < 4.78 is 6.11. The van der Waals surface area contributed by atoms with Crippen molar-refractivity contribution in [2.45, 2.75) is 18.9 Å². The van der Waals surface area contributed by atoms with Crippen LogP contribution in [0.5, 0.6) is 0 Å². The topological polar surface area (TPSA) is 62.6 Å². The summed E-state index contributed by atoms with van der Waals surface area (Å²) in [4.78, 5) is 15.0. The summed E-state index contributed by atoms with van der Waals surface area (Å²) in [6.07, 6.45) is 9.28. The Morgan fingerprint density at radius 2 is 2.15 bits per heavy atom. The van der Waals surface area contributed by atoms with Crippen LogP contribution in [0.3, 0.4) is 0 Å². The Morgan fingerprint density at radius 1 is 1.30 bits per heavy atom. The van der Waals surface area contributed by atoms with Crippen molar-refractivity contribution < 1.29 is 4.74 Å². The average Bonchev–Trinajstić information content (AvgIpc) is 2.69. The fourth-order valence-electron chi connectivity index (χ4n) is 3.67. The third kappa shape index (κ3) is 4.21. The zero-order valence-corrected chi connectivity index (χ0v) is 15.6. The zero-order chi connectivity index (χ0) is 18.6. The van der Waals surface area contributed by atoms with Gasteiger partial charge in [0.25, 0.3) is 0 Å². The van der Waals surface area contributed by atoms with Crippen molar-refractivity contribution in [3.8, 4) is 23.7 Å². The van der Waals surface area contributed by atoms with Gasteiger partial charge < -0.3 is 4.74 Å². The van der Waals surface area contributed by atoms with E-state index in [2.05, 4.69) is 31.2 Å². The molecule has 4 heterocycles. The summed E-state index contributed by atoms with van der Waals surface area (Å²) in [5, 5.41) is 3.75. The van der Waals surface area contributed by atoms with Gasteiger partial charge in [-0.3, -0.25) is 10.2 Å². The van der Waals surface area contributed by atoms with E-state index in [4.69, 9.17) is 22.8 Å². The predicted octanol–water partition coefficient (Wildman–Crippen LogP) is 3.27. The molecule has 0 saturated carbocycles. The van der Waals surface area contributed by atoms with E-state index in [9.17, 15) is 0 Å². The van der Waals surface area contributed by atoms with Crippen LogP contribution >= 0.6 is 11.6 Å². The van der Waals surface area contributed by atoms with Crippen molar-refractivity contribution in [1.29, 1.82) is 0 Å². The standard InChI is InChI=1S/C20H20ClN5O/c1-2-22-20(27-18-12-26-8-6-14(18)7-9-26)25-19-11-17(23-13-24-19)15-4-3-5-16(21)10-15/h1,3-5,10-11,13-14,18H,6-9,12H2,(H,22,23,24,25)/t18-/m0/s1. The number of rotatable bonds is 3. The van der Waals surface area contributed by atoms with Gasteiger partial charge in [-0.25, -0.2) is 9.97 Å². The van der Waals surface area contributed by atoms with E-state index in [-0.39, 0.29) is 6.10 Å². The summed E-state index contributed by atoms with van der Waals surface area (Å²) in [6, 6.07) is 11.9. The number of amidine groups is 1. The highest BCUT2D eigenvalue weighted by Gasteiger charge is 2.36. The molecule has 3 aliphatic rings. The molecule has 0 aliphatic carbocycles. The maximum atomic E-state index is 6.11. The first kappa shape index (κ1) is 17.8. The maximum Gasteiger partial charge on any atom is 0.304 e. The summed E-state index contributed by atoms with van der Waals surface area (Å²) in [5.41, 5.74) is 1.65. The maximum absolute atomic E-state index is 6.11.